The number of anilines is 1. The molecule has 0 atom stereocenters. The highest BCUT2D eigenvalue weighted by molar-refractivity contribution is 14.0. The van der Waals surface area contributed by atoms with Crippen molar-refractivity contribution < 1.29 is 0 Å². The predicted octanol–water partition coefficient (Wildman–Crippen LogP) is 4.12. The molecule has 0 aliphatic heterocycles. The molecular formula is C20H29IN4. The van der Waals surface area contributed by atoms with Crippen LogP contribution in [0.3, 0.4) is 0 Å². The Morgan fingerprint density at radius 3 is 2.32 bits per heavy atom. The van der Waals surface area contributed by atoms with E-state index in [0.29, 0.717) is 6.54 Å². The van der Waals surface area contributed by atoms with Crippen LogP contribution in [0, 0.1) is 6.92 Å². The van der Waals surface area contributed by atoms with Crippen molar-refractivity contribution in [1.29, 1.82) is 0 Å². The van der Waals surface area contributed by atoms with E-state index in [1.165, 1.54) is 11.1 Å². The van der Waals surface area contributed by atoms with Gasteiger partial charge in [0, 0.05) is 12.2 Å². The van der Waals surface area contributed by atoms with Crippen LogP contribution < -0.4 is 10.6 Å². The van der Waals surface area contributed by atoms with Crippen molar-refractivity contribution in [2.75, 3.05) is 32.5 Å². The Labute approximate surface area is 168 Å². The largest absolute Gasteiger partial charge is 0.356 e. The lowest BCUT2D eigenvalue weighted by Crippen LogP contribution is -2.33. The molecule has 0 aromatic heterocycles. The van der Waals surface area contributed by atoms with Crippen molar-refractivity contribution in [3.8, 4) is 0 Å². The summed E-state index contributed by atoms with van der Waals surface area (Å²) in [5.74, 6) is 0.820. The van der Waals surface area contributed by atoms with Crippen LogP contribution in [0.2, 0.25) is 0 Å². The fraction of sp³-hybridized carbons (Fsp3) is 0.350. The van der Waals surface area contributed by atoms with E-state index >= 15 is 0 Å². The van der Waals surface area contributed by atoms with E-state index in [1.807, 2.05) is 30.3 Å². The molecule has 2 aromatic rings. The summed E-state index contributed by atoms with van der Waals surface area (Å²) in [7, 11) is 4.18. The summed E-state index contributed by atoms with van der Waals surface area (Å²) in [5, 5.41) is 6.79. The lowest BCUT2D eigenvalue weighted by atomic mass is 10.1. The van der Waals surface area contributed by atoms with E-state index in [2.05, 4.69) is 60.8 Å². The third-order valence-corrected chi connectivity index (χ3v) is 3.65. The van der Waals surface area contributed by atoms with Crippen LogP contribution in [0.15, 0.2) is 59.6 Å². The van der Waals surface area contributed by atoms with Crippen LogP contribution in [0.5, 0.6) is 0 Å². The molecule has 0 saturated carbocycles. The molecule has 2 aromatic carbocycles. The first-order valence-corrected chi connectivity index (χ1v) is 8.44. The molecule has 0 unspecified atom stereocenters. The van der Waals surface area contributed by atoms with E-state index in [4.69, 9.17) is 4.99 Å². The Bertz CT molecular complexity index is 624. The molecule has 2 rings (SSSR count). The van der Waals surface area contributed by atoms with Gasteiger partial charge in [-0.3, -0.25) is 0 Å². The number of para-hydroxylation sites is 1. The molecule has 0 spiro atoms. The van der Waals surface area contributed by atoms with Gasteiger partial charge in [-0.05, 0) is 51.7 Å². The van der Waals surface area contributed by atoms with E-state index in [9.17, 15) is 0 Å². The van der Waals surface area contributed by atoms with Crippen molar-refractivity contribution in [3.63, 3.8) is 0 Å². The zero-order chi connectivity index (χ0) is 17.2. The molecule has 0 radical (unpaired) electrons. The van der Waals surface area contributed by atoms with E-state index < -0.39 is 0 Å². The van der Waals surface area contributed by atoms with Crippen LogP contribution >= 0.6 is 24.0 Å². The van der Waals surface area contributed by atoms with Gasteiger partial charge in [0.25, 0.3) is 0 Å². The molecule has 136 valence electrons. The Morgan fingerprint density at radius 2 is 1.68 bits per heavy atom. The van der Waals surface area contributed by atoms with Crippen molar-refractivity contribution in [2.45, 2.75) is 19.9 Å². The third kappa shape index (κ3) is 8.88. The Balaban J connectivity index is 0.00000312. The van der Waals surface area contributed by atoms with Crippen LogP contribution in [0.4, 0.5) is 5.69 Å². The van der Waals surface area contributed by atoms with Crippen molar-refractivity contribution in [1.82, 2.24) is 10.2 Å². The average Bonchev–Trinajstić information content (AvgIpc) is 2.58. The molecule has 0 amide bonds. The Kier molecular flexibility index (Phi) is 10.2. The summed E-state index contributed by atoms with van der Waals surface area (Å²) >= 11 is 0. The smallest absolute Gasteiger partial charge is 0.196 e. The van der Waals surface area contributed by atoms with Gasteiger partial charge in [0.05, 0.1) is 6.54 Å². The number of nitrogens with one attached hydrogen (secondary N) is 2. The number of aliphatic imine (C=N–C) groups is 1. The second-order valence-electron chi connectivity index (χ2n) is 6.23. The molecule has 5 heteroatoms. The average molecular weight is 452 g/mol. The summed E-state index contributed by atoms with van der Waals surface area (Å²) in [5.41, 5.74) is 3.52. The topological polar surface area (TPSA) is 39.7 Å². The van der Waals surface area contributed by atoms with Gasteiger partial charge in [0.1, 0.15) is 0 Å². The van der Waals surface area contributed by atoms with Gasteiger partial charge >= 0.3 is 0 Å². The number of rotatable bonds is 7. The number of halogens is 1. The lowest BCUT2D eigenvalue weighted by Gasteiger charge is -2.14. The quantitative estimate of drug-likeness (QED) is 0.287. The van der Waals surface area contributed by atoms with Crippen LogP contribution in [0.1, 0.15) is 17.5 Å². The molecule has 25 heavy (non-hydrogen) atoms. The van der Waals surface area contributed by atoms with Gasteiger partial charge in [-0.2, -0.15) is 0 Å². The second-order valence-corrected chi connectivity index (χ2v) is 6.23. The minimum atomic E-state index is 0. The minimum absolute atomic E-state index is 0. The fourth-order valence-electron chi connectivity index (χ4n) is 2.26. The zero-order valence-corrected chi connectivity index (χ0v) is 17.7. The monoisotopic (exact) mass is 452 g/mol. The molecule has 0 aliphatic rings. The number of guanidine groups is 1. The van der Waals surface area contributed by atoms with Gasteiger partial charge in [0.2, 0.25) is 0 Å². The highest BCUT2D eigenvalue weighted by atomic mass is 127. The SMILES string of the molecule is Cc1ccc(CN=C(NCCCN(C)C)Nc2ccccc2)cc1.I. The standard InChI is InChI=1S/C20H28N4.HI/c1-17-10-12-18(13-11-17)16-22-20(21-14-7-15-24(2)3)23-19-8-5-4-6-9-19;/h4-6,8-13H,7,14-16H2,1-3H3,(H2,21,22,23);1H. The number of hydrogen-bond donors (Lipinski definition) is 2. The Hall–Kier alpha value is -1.60. The van der Waals surface area contributed by atoms with Crippen LogP contribution in [-0.2, 0) is 6.54 Å². The maximum atomic E-state index is 4.72. The van der Waals surface area contributed by atoms with Crippen LogP contribution in [-0.4, -0.2) is 38.0 Å². The van der Waals surface area contributed by atoms with E-state index in [0.717, 1.165) is 31.2 Å². The second kappa shape index (κ2) is 11.9. The summed E-state index contributed by atoms with van der Waals surface area (Å²) in [4.78, 5) is 6.91. The van der Waals surface area contributed by atoms with E-state index in [1.54, 1.807) is 0 Å². The molecule has 4 nitrogen and oxygen atoms in total. The van der Waals surface area contributed by atoms with E-state index in [-0.39, 0.29) is 24.0 Å². The molecule has 0 fully saturated rings. The van der Waals surface area contributed by atoms with Gasteiger partial charge in [0.15, 0.2) is 5.96 Å². The summed E-state index contributed by atoms with van der Waals surface area (Å²) in [6.07, 6.45) is 1.08. The van der Waals surface area contributed by atoms with Crippen molar-refractivity contribution >= 4 is 35.6 Å². The summed E-state index contributed by atoms with van der Waals surface area (Å²) in [6, 6.07) is 18.7. The summed E-state index contributed by atoms with van der Waals surface area (Å²) in [6.45, 7) is 4.71. The number of benzene rings is 2. The van der Waals surface area contributed by atoms with Crippen molar-refractivity contribution in [3.05, 3.63) is 65.7 Å². The first kappa shape index (κ1) is 21.4. The Morgan fingerprint density at radius 1 is 1.00 bits per heavy atom. The van der Waals surface area contributed by atoms with Gasteiger partial charge < -0.3 is 15.5 Å². The molecule has 2 N–H and O–H groups in total. The maximum absolute atomic E-state index is 4.72. The summed E-state index contributed by atoms with van der Waals surface area (Å²) < 4.78 is 0. The first-order valence-electron chi connectivity index (χ1n) is 8.44. The molecule has 0 aliphatic carbocycles. The van der Waals surface area contributed by atoms with Crippen molar-refractivity contribution in [2.24, 2.45) is 4.99 Å². The van der Waals surface area contributed by atoms with Crippen LogP contribution in [0.25, 0.3) is 0 Å². The van der Waals surface area contributed by atoms with Gasteiger partial charge in [-0.1, -0.05) is 48.0 Å². The molecule has 0 saturated heterocycles. The first-order chi connectivity index (χ1) is 11.6. The number of aryl methyl sites for hydroxylation is 1. The molecule has 0 bridgehead atoms. The zero-order valence-electron chi connectivity index (χ0n) is 15.3. The molecule has 0 heterocycles. The number of hydrogen-bond acceptors (Lipinski definition) is 2. The minimum Gasteiger partial charge on any atom is -0.356 e. The predicted molar refractivity (Wildman–Crippen MR) is 119 cm³/mol. The van der Waals surface area contributed by atoms with Gasteiger partial charge in [-0.25, -0.2) is 4.99 Å². The highest BCUT2D eigenvalue weighted by Crippen LogP contribution is 2.07. The highest BCUT2D eigenvalue weighted by Gasteiger charge is 2.00. The lowest BCUT2D eigenvalue weighted by molar-refractivity contribution is 0.400. The van der Waals surface area contributed by atoms with Gasteiger partial charge in [-0.15, -0.1) is 24.0 Å². The fourth-order valence-corrected chi connectivity index (χ4v) is 2.26. The number of nitrogens with zero attached hydrogens (tertiary/aromatic N) is 2. The normalized spacial score (nSPS) is 11.1. The third-order valence-electron chi connectivity index (χ3n) is 3.65. The maximum Gasteiger partial charge on any atom is 0.196 e. The molecular weight excluding hydrogens is 423 g/mol.